The Hall–Kier alpha value is -4.04. The molecule has 0 unspecified atom stereocenters. The van der Waals surface area contributed by atoms with Gasteiger partial charge in [0, 0.05) is 19.3 Å². The molecule has 0 bridgehead atoms. The fourth-order valence-corrected chi connectivity index (χ4v) is 2.06. The third-order valence-corrected chi connectivity index (χ3v) is 3.64. The molecule has 0 spiro atoms. The minimum atomic E-state index is -2.28. The van der Waals surface area contributed by atoms with Crippen molar-refractivity contribution in [1.29, 1.82) is 0 Å². The van der Waals surface area contributed by atoms with Gasteiger partial charge in [0.2, 0.25) is 17.3 Å². The number of carbonyl (C=O) groups is 9. The van der Waals surface area contributed by atoms with E-state index < -0.39 is 106 Å². The van der Waals surface area contributed by atoms with Crippen LogP contribution in [0.4, 0.5) is 0 Å². The van der Waals surface area contributed by atoms with Gasteiger partial charge >= 0.3 is 32.6 Å². The molecule has 0 aromatic carbocycles. The molecule has 0 aromatic heterocycles. The Morgan fingerprint density at radius 2 is 1.12 bits per heavy atom. The maximum Gasteiger partial charge on any atom is 0.870 e. The van der Waals surface area contributed by atoms with E-state index in [4.69, 9.17) is 0 Å². The largest absolute Gasteiger partial charge is 0.870 e. The third kappa shape index (κ3) is 7.33. The summed E-state index contributed by atoms with van der Waals surface area (Å²) in [5.41, 5.74) is 0. The van der Waals surface area contributed by atoms with E-state index >= 15 is 0 Å². The molecule has 2 saturated heterocycles. The summed E-state index contributed by atoms with van der Waals surface area (Å²) >= 11 is 0. The van der Waals surface area contributed by atoms with Crippen molar-refractivity contribution in [3.8, 4) is 0 Å². The Balaban J connectivity index is 1.83. The molecule has 2 rings (SSSR count). The number of carbonyl (C=O) groups excluding carboxylic acids is 9. The van der Waals surface area contributed by atoms with Crippen LogP contribution in [0, 0.1) is 0 Å². The Bertz CT molecular complexity index is 893. The van der Waals surface area contributed by atoms with E-state index in [1.807, 2.05) is 0 Å². The Labute approximate surface area is 178 Å². The smallest absolute Gasteiger partial charge is 0.462 e. The molecule has 2 heterocycles. The van der Waals surface area contributed by atoms with Crippen molar-refractivity contribution in [2.24, 2.45) is 0 Å². The predicted molar refractivity (Wildman–Crippen MR) is 90.8 cm³/mol. The summed E-state index contributed by atoms with van der Waals surface area (Å²) in [6.07, 6.45) is -3.49. The van der Waals surface area contributed by atoms with Gasteiger partial charge in [-0.05, 0) is 0 Å². The molecule has 0 amide bonds. The van der Waals surface area contributed by atoms with Crippen LogP contribution in [0.2, 0.25) is 0 Å². The number of Topliss-reactive ketones (excluding diaryl/α,β-unsaturated/α-hetero) is 3. The maximum absolute atomic E-state index is 11.8. The molecule has 2 fully saturated rings. The van der Waals surface area contributed by atoms with Crippen LogP contribution in [0.25, 0.3) is 0 Å². The Morgan fingerprint density at radius 1 is 0.656 bits per heavy atom. The van der Waals surface area contributed by atoms with Gasteiger partial charge in [0.1, 0.15) is 0 Å². The van der Waals surface area contributed by atoms with E-state index in [-0.39, 0.29) is 0 Å². The number of rotatable bonds is 6. The lowest BCUT2D eigenvalue weighted by molar-refractivity contribution is -0.158. The van der Waals surface area contributed by atoms with Crippen LogP contribution < -0.4 is 0 Å². The van der Waals surface area contributed by atoms with Crippen molar-refractivity contribution < 1.29 is 71.1 Å². The molecule has 2 aliphatic rings. The van der Waals surface area contributed by atoms with Gasteiger partial charge in [-0.1, -0.05) is 0 Å². The molecule has 2 aliphatic heterocycles. The lowest BCUT2D eigenvalue weighted by Crippen LogP contribution is -2.40. The van der Waals surface area contributed by atoms with Crippen molar-refractivity contribution in [2.45, 2.75) is 38.5 Å². The molecule has 0 aromatic rings. The van der Waals surface area contributed by atoms with Gasteiger partial charge in [-0.3, -0.25) is 28.8 Å². The average Bonchev–Trinajstić information content (AvgIpc) is 2.72. The van der Waals surface area contributed by atoms with E-state index in [9.17, 15) is 43.2 Å². The van der Waals surface area contributed by atoms with E-state index in [0.717, 1.165) is 0 Å². The van der Waals surface area contributed by atoms with E-state index in [1.165, 1.54) is 0 Å². The number of ketones is 3. The van der Waals surface area contributed by atoms with Gasteiger partial charge in [-0.2, -0.15) is 0 Å². The normalized spacial score (nSPS) is 17.5. The fourth-order valence-electron chi connectivity index (χ4n) is 2.06. The van der Waals surface area contributed by atoms with Crippen molar-refractivity contribution >= 4 is 67.8 Å². The number of hydrogen-bond donors (Lipinski definition) is 0. The zero-order valence-electron chi connectivity index (χ0n) is 16.0. The molecule has 0 saturated carbocycles. The summed E-state index contributed by atoms with van der Waals surface area (Å²) < 4.78 is 26.6. The second-order valence-corrected chi connectivity index (χ2v) is 6.03. The molecule has 0 N–H and O–H groups in total. The van der Waals surface area contributed by atoms with Gasteiger partial charge < -0.3 is 27.9 Å². The van der Waals surface area contributed by atoms with Crippen molar-refractivity contribution in [3.63, 3.8) is 0 Å². The molecule has 32 heavy (non-hydrogen) atoms. The molecular formula is C15H12B2O15. The molecule has 0 radical (unpaired) electrons. The number of hydrogen-bond acceptors (Lipinski definition) is 15. The van der Waals surface area contributed by atoms with Crippen LogP contribution >= 0.6 is 0 Å². The van der Waals surface area contributed by atoms with Gasteiger partial charge in [0.05, 0.1) is 19.3 Å². The van der Waals surface area contributed by atoms with E-state index in [1.54, 1.807) is 0 Å². The van der Waals surface area contributed by atoms with Crippen LogP contribution in [0.15, 0.2) is 0 Å². The minimum Gasteiger partial charge on any atom is -0.462 e. The highest BCUT2D eigenvalue weighted by molar-refractivity contribution is 6.53. The Morgan fingerprint density at radius 3 is 1.62 bits per heavy atom. The quantitative estimate of drug-likeness (QED) is 0.295. The van der Waals surface area contributed by atoms with Gasteiger partial charge in [-0.15, -0.1) is 0 Å². The molecule has 17 heteroatoms. The second-order valence-electron chi connectivity index (χ2n) is 6.03. The van der Waals surface area contributed by atoms with Crippen molar-refractivity contribution in [3.05, 3.63) is 0 Å². The molecule has 0 atom stereocenters. The summed E-state index contributed by atoms with van der Waals surface area (Å²) in [7, 11) is -4.45. The summed E-state index contributed by atoms with van der Waals surface area (Å²) in [6.45, 7) is 0. The highest BCUT2D eigenvalue weighted by Crippen LogP contribution is 2.09. The first-order valence-corrected chi connectivity index (χ1v) is 8.85. The zero-order chi connectivity index (χ0) is 23.8. The maximum atomic E-state index is 11.8. The first-order valence-electron chi connectivity index (χ1n) is 8.85. The van der Waals surface area contributed by atoms with Crippen LogP contribution in [0.1, 0.15) is 38.5 Å². The van der Waals surface area contributed by atoms with Gasteiger partial charge in [-0.25, -0.2) is 14.4 Å². The fraction of sp³-hybridized carbons (Fsp3) is 0.400. The molecule has 168 valence electrons. The summed E-state index contributed by atoms with van der Waals surface area (Å²) in [5, 5.41) is 0. The first kappa shape index (κ1) is 24.2. The summed E-state index contributed by atoms with van der Waals surface area (Å²) in [5.74, 6) is -11.3. The summed E-state index contributed by atoms with van der Waals surface area (Å²) in [4.78, 5) is 103. The standard InChI is InChI=1S/C15H12B2O15/c18-7-1-4-10(21)27-16(30-13(7)24)28-11(22)5-2-8(19)14(25)31-17-29-12(23)6-3-9(20)15(26)32-17/h1-6H2. The van der Waals surface area contributed by atoms with Crippen molar-refractivity contribution in [1.82, 2.24) is 0 Å². The van der Waals surface area contributed by atoms with Crippen LogP contribution in [0.3, 0.4) is 0 Å². The summed E-state index contributed by atoms with van der Waals surface area (Å²) in [6, 6.07) is 0. The third-order valence-electron chi connectivity index (χ3n) is 3.64. The van der Waals surface area contributed by atoms with E-state index in [2.05, 4.69) is 27.9 Å². The minimum absolute atomic E-state index is 0.450. The second kappa shape index (κ2) is 10.8. The Kier molecular flexibility index (Phi) is 8.20. The van der Waals surface area contributed by atoms with E-state index in [0.29, 0.717) is 0 Å². The van der Waals surface area contributed by atoms with Crippen LogP contribution in [-0.4, -0.2) is 67.8 Å². The first-order chi connectivity index (χ1) is 15.0. The lowest BCUT2D eigenvalue weighted by Gasteiger charge is -2.15. The molecule has 0 aliphatic carbocycles. The highest BCUT2D eigenvalue weighted by atomic mass is 16.8. The zero-order valence-corrected chi connectivity index (χ0v) is 16.0. The van der Waals surface area contributed by atoms with Crippen LogP contribution in [-0.2, 0) is 71.1 Å². The van der Waals surface area contributed by atoms with Gasteiger partial charge in [0.15, 0.2) is 0 Å². The monoisotopic (exact) mass is 454 g/mol. The molecular weight excluding hydrogens is 442 g/mol. The predicted octanol–water partition coefficient (Wildman–Crippen LogP) is -2.71. The van der Waals surface area contributed by atoms with Crippen molar-refractivity contribution in [2.75, 3.05) is 0 Å². The average molecular weight is 454 g/mol. The SMILES string of the molecule is O=C1CCC(=O)C(=O)OB(OC(=O)CCC(=O)C(=O)OB2OC(=O)CCC(=O)C(=O)O2)O1. The highest BCUT2D eigenvalue weighted by Gasteiger charge is 2.42. The van der Waals surface area contributed by atoms with Crippen LogP contribution in [0.5, 0.6) is 0 Å². The topological polar surface area (TPSA) is 209 Å². The van der Waals surface area contributed by atoms with Gasteiger partial charge in [0.25, 0.3) is 17.9 Å². The molecule has 15 nitrogen and oxygen atoms in total. The lowest BCUT2D eigenvalue weighted by atomic mass is 10.1.